The van der Waals surface area contributed by atoms with E-state index < -0.39 is 5.60 Å². The molecule has 3 aliphatic rings. The Kier molecular flexibility index (Phi) is 5.58. The Bertz CT molecular complexity index is 489. The van der Waals surface area contributed by atoms with Gasteiger partial charge in [-0.05, 0) is 13.3 Å². The number of morpholine rings is 1. The smallest absolute Gasteiger partial charge is 0.191 e. The molecule has 0 amide bonds. The van der Waals surface area contributed by atoms with Crippen molar-refractivity contribution in [2.45, 2.75) is 44.9 Å². The molecule has 0 radical (unpaired) electrons. The van der Waals surface area contributed by atoms with E-state index in [1.54, 1.807) is 7.05 Å². The number of fused-ring (bicyclic) bond motifs is 1. The van der Waals surface area contributed by atoms with Gasteiger partial charge in [0.1, 0.15) is 0 Å². The second-order valence-corrected chi connectivity index (χ2v) is 8.50. The van der Waals surface area contributed by atoms with Crippen LogP contribution in [-0.4, -0.2) is 86.8 Å². The first-order chi connectivity index (χ1) is 11.8. The Balaban J connectivity index is 1.49. The minimum Gasteiger partial charge on any atom is -0.387 e. The largest absolute Gasteiger partial charge is 0.387 e. The van der Waals surface area contributed by atoms with E-state index in [1.165, 1.54) is 0 Å². The monoisotopic (exact) mass is 354 g/mol. The quantitative estimate of drug-likeness (QED) is 0.478. The molecule has 3 N–H and O–H groups in total. The summed E-state index contributed by atoms with van der Waals surface area (Å²) in [4.78, 5) is 6.60. The summed E-state index contributed by atoms with van der Waals surface area (Å²) in [5.74, 6) is 1.31. The third-order valence-corrected chi connectivity index (χ3v) is 5.92. The molecular weight excluding hydrogens is 320 g/mol. The van der Waals surface area contributed by atoms with Crippen molar-refractivity contribution >= 4 is 5.96 Å². The summed E-state index contributed by atoms with van der Waals surface area (Å²) in [6, 6.07) is 0.357. The lowest BCUT2D eigenvalue weighted by molar-refractivity contribution is -0.107. The van der Waals surface area contributed by atoms with Crippen molar-refractivity contribution in [3.63, 3.8) is 0 Å². The molecule has 144 valence electrons. The topological polar surface area (TPSA) is 78.4 Å². The first-order valence-electron chi connectivity index (χ1n) is 9.45. The van der Waals surface area contributed by atoms with Crippen molar-refractivity contribution in [2.75, 3.05) is 53.0 Å². The third kappa shape index (κ3) is 4.10. The number of β-amino-alcohol motifs (C(OH)–C–C–N with tert-alkyl or cyclic N) is 1. The van der Waals surface area contributed by atoms with Crippen LogP contribution in [0.3, 0.4) is 0 Å². The Hall–Kier alpha value is -0.890. The maximum absolute atomic E-state index is 10.7. The number of guanidine groups is 1. The number of aliphatic imine (C=N–C) groups is 1. The number of hydrogen-bond acceptors (Lipinski definition) is 5. The van der Waals surface area contributed by atoms with Crippen molar-refractivity contribution in [1.82, 2.24) is 15.5 Å². The molecule has 1 aliphatic carbocycles. The van der Waals surface area contributed by atoms with Crippen LogP contribution in [0.4, 0.5) is 0 Å². The van der Waals surface area contributed by atoms with Crippen LogP contribution >= 0.6 is 0 Å². The van der Waals surface area contributed by atoms with Gasteiger partial charge in [-0.2, -0.15) is 0 Å². The predicted octanol–water partition coefficient (Wildman–Crippen LogP) is 0.0481. The van der Waals surface area contributed by atoms with Gasteiger partial charge < -0.3 is 25.2 Å². The number of hydrogen-bond donors (Lipinski definition) is 3. The number of ether oxygens (including phenoxy) is 2. The highest BCUT2D eigenvalue weighted by Crippen LogP contribution is 2.52. The van der Waals surface area contributed by atoms with Crippen LogP contribution in [0, 0.1) is 11.3 Å². The van der Waals surface area contributed by atoms with Crippen molar-refractivity contribution < 1.29 is 14.6 Å². The van der Waals surface area contributed by atoms with Crippen LogP contribution in [0.5, 0.6) is 0 Å². The van der Waals surface area contributed by atoms with Gasteiger partial charge in [0.15, 0.2) is 5.96 Å². The average Bonchev–Trinajstić information content (AvgIpc) is 3.02. The summed E-state index contributed by atoms with van der Waals surface area (Å²) in [5.41, 5.74) is -0.710. The predicted molar refractivity (Wildman–Crippen MR) is 97.8 cm³/mol. The van der Waals surface area contributed by atoms with Gasteiger partial charge in [0.25, 0.3) is 0 Å². The van der Waals surface area contributed by atoms with E-state index in [4.69, 9.17) is 9.47 Å². The van der Waals surface area contributed by atoms with Crippen LogP contribution in [0.1, 0.15) is 27.2 Å². The second kappa shape index (κ2) is 7.39. The molecule has 2 aliphatic heterocycles. The lowest BCUT2D eigenvalue weighted by Crippen LogP contribution is -2.68. The Morgan fingerprint density at radius 3 is 2.72 bits per heavy atom. The lowest BCUT2D eigenvalue weighted by Gasteiger charge is -2.55. The maximum Gasteiger partial charge on any atom is 0.191 e. The molecule has 7 heteroatoms. The first-order valence-corrected chi connectivity index (χ1v) is 9.45. The number of nitrogens with one attached hydrogen (secondary N) is 2. The standard InChI is InChI=1S/C18H34N4O3/c1-17(2)14(13-5-8-25-15(13)17)21-16(19-4)20-11-18(3,23)12-22-6-9-24-10-7-22/h13-15,23H,5-12H2,1-4H3,(H2,19,20,21). The molecule has 4 unspecified atom stereocenters. The van der Waals surface area contributed by atoms with E-state index in [1.807, 2.05) is 6.92 Å². The number of nitrogens with zero attached hydrogens (tertiary/aromatic N) is 2. The molecule has 4 atom stereocenters. The molecule has 3 rings (SSSR count). The lowest BCUT2D eigenvalue weighted by atomic mass is 9.57. The van der Waals surface area contributed by atoms with Crippen molar-refractivity contribution in [1.29, 1.82) is 0 Å². The fourth-order valence-electron chi connectivity index (χ4n) is 4.53. The zero-order chi connectivity index (χ0) is 18.1. The maximum atomic E-state index is 10.7. The average molecular weight is 354 g/mol. The van der Waals surface area contributed by atoms with Gasteiger partial charge in [-0.1, -0.05) is 13.8 Å². The highest BCUT2D eigenvalue weighted by molar-refractivity contribution is 5.80. The Morgan fingerprint density at radius 2 is 2.04 bits per heavy atom. The molecule has 0 spiro atoms. The highest BCUT2D eigenvalue weighted by atomic mass is 16.5. The minimum atomic E-state index is -0.816. The summed E-state index contributed by atoms with van der Waals surface area (Å²) < 4.78 is 11.2. The van der Waals surface area contributed by atoms with Crippen LogP contribution in [0.2, 0.25) is 0 Å². The molecule has 7 nitrogen and oxygen atoms in total. The van der Waals surface area contributed by atoms with Crippen LogP contribution in [0.15, 0.2) is 4.99 Å². The zero-order valence-electron chi connectivity index (χ0n) is 16.0. The third-order valence-electron chi connectivity index (χ3n) is 5.92. The van der Waals surface area contributed by atoms with Crippen LogP contribution in [0.25, 0.3) is 0 Å². The van der Waals surface area contributed by atoms with Crippen molar-refractivity contribution in [3.8, 4) is 0 Å². The SMILES string of the molecule is CN=C(NCC(C)(O)CN1CCOCC1)NC1C2CCOC2C1(C)C. The number of rotatable bonds is 5. The molecule has 2 saturated heterocycles. The molecule has 25 heavy (non-hydrogen) atoms. The molecule has 2 heterocycles. The van der Waals surface area contributed by atoms with Crippen molar-refractivity contribution in [3.05, 3.63) is 0 Å². The highest BCUT2D eigenvalue weighted by Gasteiger charge is 2.59. The van der Waals surface area contributed by atoms with Gasteiger partial charge in [-0.3, -0.25) is 9.89 Å². The van der Waals surface area contributed by atoms with Crippen LogP contribution < -0.4 is 10.6 Å². The first kappa shape index (κ1) is 18.9. The zero-order valence-corrected chi connectivity index (χ0v) is 16.0. The van der Waals surface area contributed by atoms with Gasteiger partial charge in [-0.25, -0.2) is 0 Å². The molecule has 0 aromatic rings. The molecule has 0 bridgehead atoms. The van der Waals surface area contributed by atoms with Gasteiger partial charge >= 0.3 is 0 Å². The summed E-state index contributed by atoms with van der Waals surface area (Å²) in [6.07, 6.45) is 1.46. The van der Waals surface area contributed by atoms with E-state index >= 15 is 0 Å². The Labute approximate surface area is 151 Å². The molecule has 3 fully saturated rings. The van der Waals surface area contributed by atoms with Gasteiger partial charge in [0, 0.05) is 57.2 Å². The normalized spacial score (nSPS) is 34.8. The molecular formula is C18H34N4O3. The van der Waals surface area contributed by atoms with Crippen molar-refractivity contribution in [2.24, 2.45) is 16.3 Å². The van der Waals surface area contributed by atoms with E-state index in [2.05, 4.69) is 34.4 Å². The fraction of sp³-hybridized carbons (Fsp3) is 0.944. The van der Waals surface area contributed by atoms with Crippen LogP contribution in [-0.2, 0) is 9.47 Å². The van der Waals surface area contributed by atoms with E-state index in [-0.39, 0.29) is 5.41 Å². The molecule has 0 aromatic heterocycles. The van der Waals surface area contributed by atoms with Gasteiger partial charge in [-0.15, -0.1) is 0 Å². The summed E-state index contributed by atoms with van der Waals surface area (Å²) in [7, 11) is 1.78. The van der Waals surface area contributed by atoms with E-state index in [0.29, 0.717) is 31.2 Å². The summed E-state index contributed by atoms with van der Waals surface area (Å²) in [6.45, 7) is 11.6. The van der Waals surface area contributed by atoms with Gasteiger partial charge in [0.05, 0.1) is 24.9 Å². The number of aliphatic hydroxyl groups is 1. The second-order valence-electron chi connectivity index (χ2n) is 8.50. The fourth-order valence-corrected chi connectivity index (χ4v) is 4.53. The summed E-state index contributed by atoms with van der Waals surface area (Å²) in [5, 5.41) is 17.6. The minimum absolute atomic E-state index is 0.106. The molecule has 0 aromatic carbocycles. The Morgan fingerprint density at radius 1 is 1.32 bits per heavy atom. The van der Waals surface area contributed by atoms with Gasteiger partial charge in [0.2, 0.25) is 0 Å². The molecule has 1 saturated carbocycles. The van der Waals surface area contributed by atoms with E-state index in [0.717, 1.165) is 45.3 Å². The van der Waals surface area contributed by atoms with E-state index in [9.17, 15) is 5.11 Å². The summed E-state index contributed by atoms with van der Waals surface area (Å²) >= 11 is 0.